The van der Waals surface area contributed by atoms with E-state index in [4.69, 9.17) is 0 Å². The molecule has 90 valence electrons. The minimum atomic E-state index is -0.106. The van der Waals surface area contributed by atoms with Crippen LogP contribution in [0.1, 0.15) is 11.3 Å². The van der Waals surface area contributed by atoms with Gasteiger partial charge in [-0.2, -0.15) is 9.78 Å². The van der Waals surface area contributed by atoms with Crippen LogP contribution >= 0.6 is 11.3 Å². The van der Waals surface area contributed by atoms with Crippen LogP contribution < -0.4 is 5.56 Å². The highest BCUT2D eigenvalue weighted by atomic mass is 32.1. The molecule has 0 unspecified atom stereocenters. The van der Waals surface area contributed by atoms with Gasteiger partial charge in [0.05, 0.1) is 0 Å². The van der Waals surface area contributed by atoms with E-state index in [1.807, 2.05) is 24.4 Å². The number of thiophene rings is 1. The summed E-state index contributed by atoms with van der Waals surface area (Å²) in [5.41, 5.74) is 1.16. The second-order valence-corrected chi connectivity index (χ2v) is 4.97. The van der Waals surface area contributed by atoms with Gasteiger partial charge in [-0.15, -0.1) is 11.3 Å². The number of rotatable bonds is 2. The van der Waals surface area contributed by atoms with Crippen LogP contribution in [0.2, 0.25) is 0 Å². The standard InChI is InChI=1S/C13H11N3OS/c17-12-2-1-7-15-16(12)13-4-3-11(18-13)10-5-8-14-9-6-10/h1-5,7-8H,6,9H2. The van der Waals surface area contributed by atoms with Crippen molar-refractivity contribution in [1.29, 1.82) is 0 Å². The van der Waals surface area contributed by atoms with Crippen molar-refractivity contribution in [2.24, 2.45) is 4.99 Å². The second kappa shape index (κ2) is 4.70. The van der Waals surface area contributed by atoms with Crippen molar-refractivity contribution < 1.29 is 0 Å². The van der Waals surface area contributed by atoms with Crippen molar-refractivity contribution in [3.63, 3.8) is 0 Å². The second-order valence-electron chi connectivity index (χ2n) is 3.91. The summed E-state index contributed by atoms with van der Waals surface area (Å²) in [5, 5.41) is 4.92. The molecule has 0 fully saturated rings. The fraction of sp³-hybridized carbons (Fsp3) is 0.154. The number of nitrogens with zero attached hydrogens (tertiary/aromatic N) is 3. The van der Waals surface area contributed by atoms with Crippen LogP contribution in [0.3, 0.4) is 0 Å². The number of dihydropyridines is 1. The molecule has 1 aliphatic rings. The molecular formula is C13H11N3OS. The summed E-state index contributed by atoms with van der Waals surface area (Å²) in [6.07, 6.45) is 6.44. The zero-order valence-corrected chi connectivity index (χ0v) is 10.4. The smallest absolute Gasteiger partial charge is 0.272 e. The average molecular weight is 257 g/mol. The van der Waals surface area contributed by atoms with Gasteiger partial charge in [0, 0.05) is 29.9 Å². The van der Waals surface area contributed by atoms with Gasteiger partial charge in [0.1, 0.15) is 5.00 Å². The first-order valence-corrected chi connectivity index (χ1v) is 6.50. The van der Waals surface area contributed by atoms with E-state index in [1.54, 1.807) is 23.6 Å². The fourth-order valence-corrected chi connectivity index (χ4v) is 2.85. The third kappa shape index (κ3) is 2.04. The summed E-state index contributed by atoms with van der Waals surface area (Å²) in [5.74, 6) is 0. The Kier molecular flexibility index (Phi) is 2.90. The highest BCUT2D eigenvalue weighted by Crippen LogP contribution is 2.28. The molecule has 0 atom stereocenters. The summed E-state index contributed by atoms with van der Waals surface area (Å²) < 4.78 is 1.42. The van der Waals surface area contributed by atoms with Crippen LogP contribution in [0.4, 0.5) is 0 Å². The van der Waals surface area contributed by atoms with Crippen molar-refractivity contribution in [2.45, 2.75) is 6.42 Å². The lowest BCUT2D eigenvalue weighted by molar-refractivity contribution is 0.820. The van der Waals surface area contributed by atoms with Crippen LogP contribution in [0.15, 0.2) is 46.3 Å². The van der Waals surface area contributed by atoms with Gasteiger partial charge in [-0.25, -0.2) is 0 Å². The molecule has 0 spiro atoms. The predicted octanol–water partition coefficient (Wildman–Crippen LogP) is 2.15. The topological polar surface area (TPSA) is 47.2 Å². The van der Waals surface area contributed by atoms with E-state index in [0.717, 1.165) is 18.0 Å². The SMILES string of the molecule is O=c1cccnn1-c1ccc(C2=CC=NCC2)s1. The Morgan fingerprint density at radius 2 is 2.22 bits per heavy atom. The first kappa shape index (κ1) is 11.1. The molecule has 3 rings (SSSR count). The van der Waals surface area contributed by atoms with Crippen molar-refractivity contribution in [2.75, 3.05) is 6.54 Å². The summed E-state index contributed by atoms with van der Waals surface area (Å²) in [6.45, 7) is 0.836. The third-order valence-electron chi connectivity index (χ3n) is 2.72. The maximum absolute atomic E-state index is 11.7. The van der Waals surface area contributed by atoms with Crippen LogP contribution in [0.5, 0.6) is 0 Å². The quantitative estimate of drug-likeness (QED) is 0.827. The molecule has 1 aliphatic heterocycles. The van der Waals surface area contributed by atoms with E-state index in [-0.39, 0.29) is 5.56 Å². The Hall–Kier alpha value is -2.01. The maximum Gasteiger partial charge on any atom is 0.272 e. The lowest BCUT2D eigenvalue weighted by Crippen LogP contribution is -2.17. The molecule has 0 aliphatic carbocycles. The highest BCUT2D eigenvalue weighted by Gasteiger charge is 2.09. The molecule has 3 heterocycles. The monoisotopic (exact) mass is 257 g/mol. The van der Waals surface area contributed by atoms with Gasteiger partial charge in [-0.1, -0.05) is 0 Å². The van der Waals surface area contributed by atoms with E-state index >= 15 is 0 Å². The number of allylic oxidation sites excluding steroid dienone is 1. The molecule has 2 aromatic rings. The number of aromatic nitrogens is 2. The number of hydrogen-bond acceptors (Lipinski definition) is 4. The Balaban J connectivity index is 2.00. The molecule has 0 aromatic carbocycles. The van der Waals surface area contributed by atoms with Gasteiger partial charge in [-0.05, 0) is 36.3 Å². The normalized spacial score (nSPS) is 14.6. The third-order valence-corrected chi connectivity index (χ3v) is 3.86. The molecule has 5 heteroatoms. The van der Waals surface area contributed by atoms with Gasteiger partial charge >= 0.3 is 0 Å². The minimum Gasteiger partial charge on any atom is -0.293 e. The van der Waals surface area contributed by atoms with Crippen molar-refractivity contribution in [1.82, 2.24) is 9.78 Å². The van der Waals surface area contributed by atoms with E-state index in [9.17, 15) is 4.79 Å². The lowest BCUT2D eigenvalue weighted by atomic mass is 10.1. The fourth-order valence-electron chi connectivity index (χ4n) is 1.83. The molecular weight excluding hydrogens is 246 g/mol. The first-order chi connectivity index (χ1) is 8.84. The van der Waals surface area contributed by atoms with Crippen molar-refractivity contribution in [3.05, 3.63) is 51.8 Å². The molecule has 0 radical (unpaired) electrons. The summed E-state index contributed by atoms with van der Waals surface area (Å²) in [6, 6.07) is 7.12. The highest BCUT2D eigenvalue weighted by molar-refractivity contribution is 7.15. The Bertz CT molecular complexity index is 681. The molecule has 0 bridgehead atoms. The van der Waals surface area contributed by atoms with Gasteiger partial charge < -0.3 is 0 Å². The molecule has 0 saturated carbocycles. The number of hydrogen-bond donors (Lipinski definition) is 0. The summed E-state index contributed by atoms with van der Waals surface area (Å²) in [7, 11) is 0. The first-order valence-electron chi connectivity index (χ1n) is 5.68. The average Bonchev–Trinajstić information content (AvgIpc) is 2.90. The lowest BCUT2D eigenvalue weighted by Gasteiger charge is -2.05. The number of aliphatic imine (C=N–C) groups is 1. The molecule has 2 aromatic heterocycles. The van der Waals surface area contributed by atoms with E-state index < -0.39 is 0 Å². The van der Waals surface area contributed by atoms with E-state index in [0.29, 0.717) is 0 Å². The van der Waals surface area contributed by atoms with Gasteiger partial charge in [0.25, 0.3) is 5.56 Å². The zero-order valence-electron chi connectivity index (χ0n) is 9.61. The van der Waals surface area contributed by atoms with Crippen LogP contribution in [-0.4, -0.2) is 22.5 Å². The van der Waals surface area contributed by atoms with Gasteiger partial charge in [0.2, 0.25) is 0 Å². The van der Waals surface area contributed by atoms with Crippen LogP contribution in [-0.2, 0) is 0 Å². The summed E-state index contributed by atoms with van der Waals surface area (Å²) in [4.78, 5) is 17.0. The van der Waals surface area contributed by atoms with E-state index in [1.165, 1.54) is 21.2 Å². The van der Waals surface area contributed by atoms with Crippen LogP contribution in [0.25, 0.3) is 10.6 Å². The van der Waals surface area contributed by atoms with Gasteiger partial charge in [0.15, 0.2) is 0 Å². The Morgan fingerprint density at radius 3 is 3.00 bits per heavy atom. The predicted molar refractivity (Wildman–Crippen MR) is 73.7 cm³/mol. The Labute approximate surface area is 108 Å². The summed E-state index contributed by atoms with van der Waals surface area (Å²) >= 11 is 1.58. The van der Waals surface area contributed by atoms with Crippen LogP contribution in [0, 0.1) is 0 Å². The maximum atomic E-state index is 11.7. The Morgan fingerprint density at radius 1 is 1.28 bits per heavy atom. The molecule has 0 amide bonds. The molecule has 0 saturated heterocycles. The zero-order chi connectivity index (χ0) is 12.4. The van der Waals surface area contributed by atoms with Crippen molar-refractivity contribution in [3.8, 4) is 5.00 Å². The van der Waals surface area contributed by atoms with Crippen molar-refractivity contribution >= 4 is 23.1 Å². The largest absolute Gasteiger partial charge is 0.293 e. The molecule has 0 N–H and O–H groups in total. The van der Waals surface area contributed by atoms with E-state index in [2.05, 4.69) is 10.1 Å². The molecule has 18 heavy (non-hydrogen) atoms. The van der Waals surface area contributed by atoms with Gasteiger partial charge in [-0.3, -0.25) is 9.79 Å². The molecule has 4 nitrogen and oxygen atoms in total. The minimum absolute atomic E-state index is 0.106.